The van der Waals surface area contributed by atoms with Crippen LogP contribution in [-0.2, 0) is 4.74 Å². The molecule has 4 heteroatoms. The summed E-state index contributed by atoms with van der Waals surface area (Å²) in [5.74, 6) is 0.207. The normalized spacial score (nSPS) is 25.8. The van der Waals surface area contributed by atoms with Crippen LogP contribution in [0.2, 0.25) is 5.02 Å². The molecular formula is C11H12BrClO2. The summed E-state index contributed by atoms with van der Waals surface area (Å²) in [4.78, 5) is 0. The number of rotatable bonds is 2. The van der Waals surface area contributed by atoms with Crippen LogP contribution in [0.5, 0.6) is 0 Å². The summed E-state index contributed by atoms with van der Waals surface area (Å²) in [5, 5.41) is 9.90. The van der Waals surface area contributed by atoms with Crippen molar-refractivity contribution in [3.63, 3.8) is 0 Å². The van der Waals surface area contributed by atoms with Gasteiger partial charge in [-0.3, -0.25) is 0 Å². The van der Waals surface area contributed by atoms with Crippen LogP contribution in [0, 0.1) is 5.92 Å². The zero-order chi connectivity index (χ0) is 10.8. The van der Waals surface area contributed by atoms with Gasteiger partial charge in [-0.25, -0.2) is 0 Å². The van der Waals surface area contributed by atoms with Gasteiger partial charge in [0.2, 0.25) is 0 Å². The lowest BCUT2D eigenvalue weighted by molar-refractivity contribution is 0.0720. The van der Waals surface area contributed by atoms with E-state index in [0.29, 0.717) is 5.02 Å². The van der Waals surface area contributed by atoms with E-state index in [1.807, 2.05) is 18.2 Å². The average molecular weight is 292 g/mol. The molecule has 2 nitrogen and oxygen atoms in total. The van der Waals surface area contributed by atoms with E-state index in [9.17, 15) is 5.11 Å². The lowest BCUT2D eigenvalue weighted by Gasteiger charge is -2.17. The molecule has 1 aromatic carbocycles. The van der Waals surface area contributed by atoms with Gasteiger partial charge in [0.25, 0.3) is 0 Å². The minimum Gasteiger partial charge on any atom is -0.396 e. The third kappa shape index (κ3) is 2.36. The van der Waals surface area contributed by atoms with Gasteiger partial charge in [-0.2, -0.15) is 0 Å². The van der Waals surface area contributed by atoms with E-state index >= 15 is 0 Å². The van der Waals surface area contributed by atoms with E-state index in [1.54, 1.807) is 0 Å². The molecule has 2 unspecified atom stereocenters. The van der Waals surface area contributed by atoms with Crippen LogP contribution in [0.4, 0.5) is 0 Å². The first-order valence-corrected chi connectivity index (χ1v) is 6.07. The third-order valence-corrected chi connectivity index (χ3v) is 3.93. The molecule has 0 saturated carbocycles. The van der Waals surface area contributed by atoms with E-state index in [2.05, 4.69) is 15.9 Å². The second-order valence-corrected chi connectivity index (χ2v) is 4.96. The summed E-state index contributed by atoms with van der Waals surface area (Å²) in [5.41, 5.74) is 1.07. The first kappa shape index (κ1) is 11.4. The Labute approximate surface area is 102 Å². The molecule has 0 aromatic heterocycles. The summed E-state index contributed by atoms with van der Waals surface area (Å²) < 4.78 is 6.48. The summed E-state index contributed by atoms with van der Waals surface area (Å²) in [6.07, 6.45) is 0.921. The molecule has 1 saturated heterocycles. The SMILES string of the molecule is OCC1CCOC1c1ccc(Cl)c(Br)c1. The summed E-state index contributed by atoms with van der Waals surface area (Å²) >= 11 is 9.31. The molecule has 1 N–H and O–H groups in total. The van der Waals surface area contributed by atoms with Crippen LogP contribution in [-0.4, -0.2) is 18.3 Å². The van der Waals surface area contributed by atoms with E-state index in [4.69, 9.17) is 16.3 Å². The van der Waals surface area contributed by atoms with Gasteiger partial charge in [0.15, 0.2) is 0 Å². The zero-order valence-electron chi connectivity index (χ0n) is 8.12. The monoisotopic (exact) mass is 290 g/mol. The second kappa shape index (κ2) is 4.83. The van der Waals surface area contributed by atoms with Crippen LogP contribution in [0.15, 0.2) is 22.7 Å². The maximum absolute atomic E-state index is 9.20. The van der Waals surface area contributed by atoms with Crippen molar-refractivity contribution in [2.24, 2.45) is 5.92 Å². The largest absolute Gasteiger partial charge is 0.396 e. The highest BCUT2D eigenvalue weighted by Gasteiger charge is 2.29. The molecular weight excluding hydrogens is 279 g/mol. The maximum atomic E-state index is 9.20. The fourth-order valence-corrected chi connectivity index (χ4v) is 2.39. The van der Waals surface area contributed by atoms with Gasteiger partial charge in [-0.1, -0.05) is 17.7 Å². The summed E-state index contributed by atoms with van der Waals surface area (Å²) in [6, 6.07) is 5.75. The first-order valence-electron chi connectivity index (χ1n) is 4.90. The van der Waals surface area contributed by atoms with Crippen molar-refractivity contribution in [1.29, 1.82) is 0 Å². The Bertz CT molecular complexity index is 356. The van der Waals surface area contributed by atoms with Gasteiger partial charge in [0.05, 0.1) is 11.1 Å². The highest BCUT2D eigenvalue weighted by Crippen LogP contribution is 2.36. The highest BCUT2D eigenvalue weighted by molar-refractivity contribution is 9.10. The molecule has 0 amide bonds. The topological polar surface area (TPSA) is 29.5 Å². The van der Waals surface area contributed by atoms with Gasteiger partial charge in [0, 0.05) is 23.6 Å². The van der Waals surface area contributed by atoms with Crippen molar-refractivity contribution < 1.29 is 9.84 Å². The van der Waals surface area contributed by atoms with Crippen LogP contribution in [0.25, 0.3) is 0 Å². The van der Waals surface area contributed by atoms with E-state index in [0.717, 1.165) is 23.1 Å². The number of benzene rings is 1. The second-order valence-electron chi connectivity index (χ2n) is 3.70. The van der Waals surface area contributed by atoms with Gasteiger partial charge < -0.3 is 9.84 Å². The number of aliphatic hydroxyl groups is 1. The minimum atomic E-state index is 0.00330. The van der Waals surface area contributed by atoms with Gasteiger partial charge in [0.1, 0.15) is 0 Å². The summed E-state index contributed by atoms with van der Waals surface area (Å²) in [7, 11) is 0. The van der Waals surface area contributed by atoms with Crippen molar-refractivity contribution in [2.75, 3.05) is 13.2 Å². The quantitative estimate of drug-likeness (QED) is 0.907. The molecule has 1 heterocycles. The highest BCUT2D eigenvalue weighted by atomic mass is 79.9. The molecule has 1 aliphatic heterocycles. The fraction of sp³-hybridized carbons (Fsp3) is 0.455. The van der Waals surface area contributed by atoms with Gasteiger partial charge >= 0.3 is 0 Å². The Kier molecular flexibility index (Phi) is 3.67. The maximum Gasteiger partial charge on any atom is 0.0876 e. The van der Waals surface area contributed by atoms with Crippen molar-refractivity contribution in [1.82, 2.24) is 0 Å². The third-order valence-electron chi connectivity index (χ3n) is 2.72. The number of ether oxygens (including phenoxy) is 1. The van der Waals surface area contributed by atoms with Crippen molar-refractivity contribution in [3.8, 4) is 0 Å². The number of halogens is 2. The van der Waals surface area contributed by atoms with E-state index in [1.165, 1.54) is 0 Å². The van der Waals surface area contributed by atoms with Gasteiger partial charge in [-0.15, -0.1) is 0 Å². The van der Waals surface area contributed by atoms with Gasteiger partial charge in [-0.05, 0) is 40.0 Å². The lowest BCUT2D eigenvalue weighted by Crippen LogP contribution is -2.11. The molecule has 1 fully saturated rings. The van der Waals surface area contributed by atoms with E-state index in [-0.39, 0.29) is 18.6 Å². The Balaban J connectivity index is 2.25. The minimum absolute atomic E-state index is 0.00330. The average Bonchev–Trinajstić information content (AvgIpc) is 2.70. The van der Waals surface area contributed by atoms with Crippen LogP contribution >= 0.6 is 27.5 Å². The van der Waals surface area contributed by atoms with Crippen LogP contribution in [0.3, 0.4) is 0 Å². The summed E-state index contributed by atoms with van der Waals surface area (Å²) in [6.45, 7) is 0.890. The Morgan fingerprint density at radius 2 is 2.33 bits per heavy atom. The first-order chi connectivity index (χ1) is 7.22. The molecule has 2 atom stereocenters. The van der Waals surface area contributed by atoms with Crippen molar-refractivity contribution >= 4 is 27.5 Å². The Hall–Kier alpha value is -0.0900. The zero-order valence-corrected chi connectivity index (χ0v) is 10.5. The predicted octanol–water partition coefficient (Wildman–Crippen LogP) is 3.17. The molecule has 0 bridgehead atoms. The number of aliphatic hydroxyl groups excluding tert-OH is 1. The molecule has 0 radical (unpaired) electrons. The number of hydrogen-bond acceptors (Lipinski definition) is 2. The molecule has 0 spiro atoms. The van der Waals surface area contributed by atoms with Crippen LogP contribution in [0.1, 0.15) is 18.1 Å². The van der Waals surface area contributed by atoms with Crippen LogP contribution < -0.4 is 0 Å². The lowest BCUT2D eigenvalue weighted by atomic mass is 9.96. The fourth-order valence-electron chi connectivity index (χ4n) is 1.88. The molecule has 1 aliphatic rings. The smallest absolute Gasteiger partial charge is 0.0876 e. The standard InChI is InChI=1S/C11H12BrClO2/c12-9-5-7(1-2-10(9)13)11-8(6-14)3-4-15-11/h1-2,5,8,11,14H,3-4,6H2. The molecule has 2 rings (SSSR count). The molecule has 0 aliphatic carbocycles. The Morgan fingerprint density at radius 1 is 1.53 bits per heavy atom. The molecule has 82 valence electrons. The van der Waals surface area contributed by atoms with E-state index < -0.39 is 0 Å². The molecule has 1 aromatic rings. The van der Waals surface area contributed by atoms with Crippen molar-refractivity contribution in [3.05, 3.63) is 33.3 Å². The molecule has 15 heavy (non-hydrogen) atoms. The van der Waals surface area contributed by atoms with Crippen molar-refractivity contribution in [2.45, 2.75) is 12.5 Å². The Morgan fingerprint density at radius 3 is 3.00 bits per heavy atom. The predicted molar refractivity (Wildman–Crippen MR) is 63.0 cm³/mol. The number of hydrogen-bond donors (Lipinski definition) is 1.